The number of nitrogens with zero attached hydrogens (tertiary/aromatic N) is 1. The number of anilines is 2. The number of nitrogens with one attached hydrogen (secondary N) is 2. The van der Waals surface area contributed by atoms with Crippen molar-refractivity contribution in [2.24, 2.45) is 0 Å². The van der Waals surface area contributed by atoms with Gasteiger partial charge >= 0.3 is 0 Å². The van der Waals surface area contributed by atoms with Crippen LogP contribution in [0.5, 0.6) is 0 Å². The Bertz CT molecular complexity index is 909. The summed E-state index contributed by atoms with van der Waals surface area (Å²) in [6, 6.07) is 16.1. The molecule has 158 valence electrons. The number of aryl methyl sites for hydroxylation is 1. The predicted octanol–water partition coefficient (Wildman–Crippen LogP) is 5.70. The van der Waals surface area contributed by atoms with Crippen LogP contribution >= 0.6 is 23.8 Å². The average Bonchev–Trinajstić information content (AvgIpc) is 3.37. The number of hydrogen-bond donors (Lipinski definition) is 2. The molecule has 2 aromatic carbocycles. The maximum atomic E-state index is 12.0. The lowest BCUT2D eigenvalue weighted by Gasteiger charge is -2.32. The van der Waals surface area contributed by atoms with Gasteiger partial charge in [-0.25, -0.2) is 0 Å². The van der Waals surface area contributed by atoms with Crippen LogP contribution in [0.15, 0.2) is 48.5 Å². The molecule has 2 fully saturated rings. The fraction of sp³-hybridized carbons (Fsp3) is 0.417. The van der Waals surface area contributed by atoms with Crippen LogP contribution in [-0.4, -0.2) is 23.1 Å². The molecule has 6 heteroatoms. The van der Waals surface area contributed by atoms with Crippen LogP contribution < -0.4 is 15.5 Å². The van der Waals surface area contributed by atoms with Crippen molar-refractivity contribution in [3.8, 4) is 0 Å². The molecule has 1 saturated heterocycles. The van der Waals surface area contributed by atoms with Crippen molar-refractivity contribution < 1.29 is 4.79 Å². The van der Waals surface area contributed by atoms with E-state index in [9.17, 15) is 4.79 Å². The Balaban J connectivity index is 1.38. The van der Waals surface area contributed by atoms with E-state index in [4.69, 9.17) is 23.8 Å². The maximum absolute atomic E-state index is 12.0. The van der Waals surface area contributed by atoms with Crippen molar-refractivity contribution in [1.82, 2.24) is 5.32 Å². The first-order valence-corrected chi connectivity index (χ1v) is 11.6. The topological polar surface area (TPSA) is 44.4 Å². The Hall–Kier alpha value is -2.11. The van der Waals surface area contributed by atoms with Gasteiger partial charge in [0.1, 0.15) is 0 Å². The molecule has 30 heavy (non-hydrogen) atoms. The highest BCUT2D eigenvalue weighted by Gasteiger charge is 2.34. The monoisotopic (exact) mass is 441 g/mol. The van der Waals surface area contributed by atoms with Crippen LogP contribution in [-0.2, 0) is 11.2 Å². The fourth-order valence-corrected chi connectivity index (χ4v) is 5.06. The Morgan fingerprint density at radius 1 is 1.10 bits per heavy atom. The highest BCUT2D eigenvalue weighted by molar-refractivity contribution is 7.80. The lowest BCUT2D eigenvalue weighted by atomic mass is 9.89. The van der Waals surface area contributed by atoms with E-state index in [0.717, 1.165) is 55.0 Å². The lowest BCUT2D eigenvalue weighted by Crippen LogP contribution is -2.48. The van der Waals surface area contributed by atoms with Gasteiger partial charge in [-0.3, -0.25) is 4.79 Å². The average molecular weight is 442 g/mol. The smallest absolute Gasteiger partial charge is 0.227 e. The van der Waals surface area contributed by atoms with Crippen molar-refractivity contribution in [3.05, 3.63) is 59.1 Å². The van der Waals surface area contributed by atoms with Crippen molar-refractivity contribution in [1.29, 1.82) is 0 Å². The molecule has 1 saturated carbocycles. The van der Waals surface area contributed by atoms with Gasteiger partial charge in [-0.05, 0) is 80.2 Å². The Morgan fingerprint density at radius 3 is 2.57 bits per heavy atom. The largest absolute Gasteiger partial charge is 0.357 e. The Morgan fingerprint density at radius 2 is 1.87 bits per heavy atom. The second-order valence-electron chi connectivity index (χ2n) is 8.39. The van der Waals surface area contributed by atoms with E-state index >= 15 is 0 Å². The maximum Gasteiger partial charge on any atom is 0.227 e. The highest BCUT2D eigenvalue weighted by atomic mass is 35.5. The van der Waals surface area contributed by atoms with Crippen molar-refractivity contribution in [2.75, 3.05) is 16.8 Å². The van der Waals surface area contributed by atoms with Crippen molar-refractivity contribution in [2.45, 2.75) is 56.9 Å². The van der Waals surface area contributed by atoms with Crippen molar-refractivity contribution >= 4 is 46.2 Å². The molecule has 4 rings (SSSR count). The summed E-state index contributed by atoms with van der Waals surface area (Å²) in [5, 5.41) is 8.40. The summed E-state index contributed by atoms with van der Waals surface area (Å²) in [6.07, 6.45) is 8.31. The zero-order valence-electron chi connectivity index (χ0n) is 17.1. The van der Waals surface area contributed by atoms with Crippen LogP contribution in [0.1, 0.15) is 50.5 Å². The summed E-state index contributed by atoms with van der Waals surface area (Å²) in [5.74, 6) is 0.194. The Kier molecular flexibility index (Phi) is 6.59. The molecule has 0 radical (unpaired) electrons. The second kappa shape index (κ2) is 9.36. The second-order valence-corrected chi connectivity index (χ2v) is 9.24. The summed E-state index contributed by atoms with van der Waals surface area (Å²) in [6.45, 7) is 0.790. The molecule has 1 heterocycles. The SMILES string of the molecule is O=C1CCCN1c1cccc(NC(=S)NC2(CCc3ccc(Cl)cc3)CCCC2)c1. The Labute approximate surface area is 189 Å². The number of amides is 1. The van der Waals surface area contributed by atoms with Gasteiger partial charge in [0, 0.05) is 34.9 Å². The summed E-state index contributed by atoms with van der Waals surface area (Å²) >= 11 is 11.7. The summed E-state index contributed by atoms with van der Waals surface area (Å²) in [5.41, 5.74) is 3.18. The first-order valence-electron chi connectivity index (χ1n) is 10.8. The third-order valence-electron chi connectivity index (χ3n) is 6.23. The molecular weight excluding hydrogens is 414 g/mol. The van der Waals surface area contributed by atoms with E-state index < -0.39 is 0 Å². The van der Waals surface area contributed by atoms with E-state index in [1.54, 1.807) is 0 Å². The molecule has 0 bridgehead atoms. The number of carbonyl (C=O) groups excluding carboxylic acids is 1. The molecule has 0 spiro atoms. The van der Waals surface area contributed by atoms with E-state index in [1.807, 2.05) is 41.3 Å². The van der Waals surface area contributed by atoms with Crippen LogP contribution in [0, 0.1) is 0 Å². The van der Waals surface area contributed by atoms with Crippen LogP contribution in [0.25, 0.3) is 0 Å². The van der Waals surface area contributed by atoms with Crippen LogP contribution in [0.2, 0.25) is 5.02 Å². The number of hydrogen-bond acceptors (Lipinski definition) is 2. The quantitative estimate of drug-likeness (QED) is 0.564. The van der Waals surface area contributed by atoms with Crippen molar-refractivity contribution in [3.63, 3.8) is 0 Å². The minimum absolute atomic E-state index is 0.0340. The molecule has 1 aliphatic carbocycles. The first-order chi connectivity index (χ1) is 14.5. The van der Waals surface area contributed by atoms with Gasteiger partial charge in [-0.1, -0.05) is 42.6 Å². The van der Waals surface area contributed by atoms with Crippen LogP contribution in [0.3, 0.4) is 0 Å². The molecule has 4 nitrogen and oxygen atoms in total. The van der Waals surface area contributed by atoms with E-state index in [-0.39, 0.29) is 11.4 Å². The zero-order chi connectivity index (χ0) is 21.0. The summed E-state index contributed by atoms with van der Waals surface area (Å²) < 4.78 is 0. The lowest BCUT2D eigenvalue weighted by molar-refractivity contribution is -0.117. The third kappa shape index (κ3) is 5.13. The molecule has 1 amide bonds. The van der Waals surface area contributed by atoms with Gasteiger partial charge in [0.05, 0.1) is 0 Å². The van der Waals surface area contributed by atoms with E-state index in [1.165, 1.54) is 18.4 Å². The number of thiocarbonyl (C=S) groups is 1. The van der Waals surface area contributed by atoms with Gasteiger partial charge in [0.2, 0.25) is 5.91 Å². The predicted molar refractivity (Wildman–Crippen MR) is 128 cm³/mol. The standard InChI is InChI=1S/C24H28ClN3OS/c25-19-10-8-18(9-11-19)12-15-24(13-1-2-14-24)27-23(30)26-20-5-3-6-21(17-20)28-16-4-7-22(28)29/h3,5-6,8-11,17H,1-2,4,7,12-16H2,(H2,26,27,30). The van der Waals surface area contributed by atoms with Gasteiger partial charge in [0.25, 0.3) is 0 Å². The number of benzene rings is 2. The number of halogens is 1. The molecule has 0 aromatic heterocycles. The number of rotatable bonds is 6. The summed E-state index contributed by atoms with van der Waals surface area (Å²) in [7, 11) is 0. The summed E-state index contributed by atoms with van der Waals surface area (Å²) in [4.78, 5) is 13.9. The molecule has 1 aliphatic heterocycles. The normalized spacial score (nSPS) is 17.9. The van der Waals surface area contributed by atoms with Gasteiger partial charge in [-0.15, -0.1) is 0 Å². The first kappa shape index (κ1) is 21.1. The molecule has 2 aromatic rings. The van der Waals surface area contributed by atoms with Crippen LogP contribution in [0.4, 0.5) is 11.4 Å². The molecule has 0 atom stereocenters. The van der Waals surface area contributed by atoms with Gasteiger partial charge in [-0.2, -0.15) is 0 Å². The molecule has 2 N–H and O–H groups in total. The third-order valence-corrected chi connectivity index (χ3v) is 6.69. The van der Waals surface area contributed by atoms with Gasteiger partial charge < -0.3 is 15.5 Å². The minimum Gasteiger partial charge on any atom is -0.357 e. The molecular formula is C24H28ClN3OS. The molecule has 2 aliphatic rings. The highest BCUT2D eigenvalue weighted by Crippen LogP contribution is 2.34. The van der Waals surface area contributed by atoms with E-state index in [2.05, 4.69) is 22.8 Å². The number of carbonyl (C=O) groups is 1. The van der Waals surface area contributed by atoms with Gasteiger partial charge in [0.15, 0.2) is 5.11 Å². The fourth-order valence-electron chi connectivity index (χ4n) is 4.60. The molecule has 0 unspecified atom stereocenters. The zero-order valence-corrected chi connectivity index (χ0v) is 18.7. The van der Waals surface area contributed by atoms with E-state index in [0.29, 0.717) is 11.5 Å². The minimum atomic E-state index is 0.0340.